The summed E-state index contributed by atoms with van der Waals surface area (Å²) in [6, 6.07) is 19.4. The van der Waals surface area contributed by atoms with Crippen LogP contribution in [0, 0.1) is 0 Å². The van der Waals surface area contributed by atoms with Crippen molar-refractivity contribution in [1.29, 1.82) is 0 Å². The molecule has 0 spiro atoms. The number of nitrogens with one attached hydrogen (secondary N) is 2. The molecule has 0 saturated heterocycles. The molecule has 1 fully saturated rings. The van der Waals surface area contributed by atoms with Crippen LogP contribution < -0.4 is 19.7 Å². The largest absolute Gasteiger partial charge is 0.476 e. The van der Waals surface area contributed by atoms with E-state index in [9.17, 15) is 18.0 Å². The van der Waals surface area contributed by atoms with Gasteiger partial charge in [0.25, 0.3) is 21.8 Å². The lowest BCUT2D eigenvalue weighted by Crippen LogP contribution is -2.49. The number of amides is 2. The summed E-state index contributed by atoms with van der Waals surface area (Å²) in [6.07, 6.45) is 4.06. The van der Waals surface area contributed by atoms with E-state index < -0.39 is 22.0 Å². The van der Waals surface area contributed by atoms with Crippen molar-refractivity contribution < 1.29 is 22.7 Å². The van der Waals surface area contributed by atoms with Crippen molar-refractivity contribution in [2.24, 2.45) is 0 Å². The average Bonchev–Trinajstić information content (AvgIpc) is 2.93. The van der Waals surface area contributed by atoms with E-state index in [2.05, 4.69) is 10.6 Å². The third-order valence-electron chi connectivity index (χ3n) is 6.80. The number of fused-ring (bicyclic) bond motifs is 1. The van der Waals surface area contributed by atoms with Crippen molar-refractivity contribution in [3.8, 4) is 5.75 Å². The molecular weight excluding hydrogens is 526 g/mol. The highest BCUT2D eigenvalue weighted by Crippen LogP contribution is 2.37. The molecule has 0 aromatic heterocycles. The Labute approximate surface area is 227 Å². The van der Waals surface area contributed by atoms with Crippen LogP contribution in [0.2, 0.25) is 5.02 Å². The second-order valence-corrected chi connectivity index (χ2v) is 11.7. The van der Waals surface area contributed by atoms with Crippen LogP contribution in [-0.4, -0.2) is 38.9 Å². The highest BCUT2D eigenvalue weighted by Gasteiger charge is 2.37. The number of ether oxygens (including phenoxy) is 1. The SMILES string of the molecule is O=C(NC1CCCCC1)c1ccccc1NC(=O)C1CN(S(=O)(=O)c2ccc(Cl)cc2)c2ccccc2O1. The molecule has 198 valence electrons. The third kappa shape index (κ3) is 5.49. The first-order valence-electron chi connectivity index (χ1n) is 12.6. The zero-order valence-corrected chi connectivity index (χ0v) is 22.2. The first-order valence-corrected chi connectivity index (χ1v) is 14.4. The molecule has 0 radical (unpaired) electrons. The first kappa shape index (κ1) is 26.1. The van der Waals surface area contributed by atoms with Gasteiger partial charge in [-0.25, -0.2) is 8.42 Å². The summed E-state index contributed by atoms with van der Waals surface area (Å²) in [5.41, 5.74) is 1.01. The molecule has 2 aliphatic rings. The summed E-state index contributed by atoms with van der Waals surface area (Å²) in [7, 11) is -4.02. The number of para-hydroxylation sites is 3. The molecule has 1 atom stereocenters. The van der Waals surface area contributed by atoms with Gasteiger partial charge in [0.1, 0.15) is 5.75 Å². The molecule has 10 heteroatoms. The minimum absolute atomic E-state index is 0.0440. The number of rotatable bonds is 6. The van der Waals surface area contributed by atoms with E-state index in [4.69, 9.17) is 16.3 Å². The van der Waals surface area contributed by atoms with Gasteiger partial charge < -0.3 is 15.4 Å². The third-order valence-corrected chi connectivity index (χ3v) is 8.84. The molecule has 3 aromatic carbocycles. The predicted molar refractivity (Wildman–Crippen MR) is 146 cm³/mol. The molecule has 1 saturated carbocycles. The zero-order valence-electron chi connectivity index (χ0n) is 20.6. The van der Waals surface area contributed by atoms with Crippen molar-refractivity contribution in [2.45, 2.75) is 49.1 Å². The number of nitrogens with zero attached hydrogens (tertiary/aromatic N) is 1. The Balaban J connectivity index is 1.38. The van der Waals surface area contributed by atoms with Gasteiger partial charge in [-0.15, -0.1) is 0 Å². The monoisotopic (exact) mass is 553 g/mol. The zero-order chi connectivity index (χ0) is 26.7. The van der Waals surface area contributed by atoms with Crippen molar-refractivity contribution in [3.63, 3.8) is 0 Å². The topological polar surface area (TPSA) is 105 Å². The molecular formula is C28H28ClN3O5S. The van der Waals surface area contributed by atoms with Crippen LogP contribution >= 0.6 is 11.6 Å². The van der Waals surface area contributed by atoms with Gasteiger partial charge in [0.15, 0.2) is 6.10 Å². The summed E-state index contributed by atoms with van der Waals surface area (Å²) < 4.78 is 34.2. The van der Waals surface area contributed by atoms with Gasteiger partial charge in [-0.05, 0) is 61.4 Å². The lowest BCUT2D eigenvalue weighted by molar-refractivity contribution is -0.122. The van der Waals surface area contributed by atoms with Gasteiger partial charge in [0.05, 0.1) is 28.4 Å². The standard InChI is InChI=1S/C28H28ClN3O5S/c29-19-14-16-21(17-15-19)38(35,36)32-18-26(37-25-13-7-6-12-24(25)32)28(34)31-23-11-5-4-10-22(23)27(33)30-20-8-2-1-3-9-20/h4-7,10-17,20,26H,1-3,8-9,18H2,(H,30,33)(H,31,34). The molecule has 3 aromatic rings. The van der Waals surface area contributed by atoms with Crippen LogP contribution in [0.5, 0.6) is 5.75 Å². The van der Waals surface area contributed by atoms with Crippen LogP contribution in [0.4, 0.5) is 11.4 Å². The van der Waals surface area contributed by atoms with E-state index >= 15 is 0 Å². The van der Waals surface area contributed by atoms with Crippen molar-refractivity contribution in [2.75, 3.05) is 16.2 Å². The number of benzene rings is 3. The molecule has 1 aliphatic carbocycles. The second kappa shape index (κ2) is 11.0. The number of hydrogen-bond donors (Lipinski definition) is 2. The van der Waals surface area contributed by atoms with Gasteiger partial charge in [-0.1, -0.05) is 55.1 Å². The fraction of sp³-hybridized carbons (Fsp3) is 0.286. The maximum absolute atomic E-state index is 13.6. The Morgan fingerprint density at radius 2 is 1.58 bits per heavy atom. The highest BCUT2D eigenvalue weighted by atomic mass is 35.5. The molecule has 5 rings (SSSR count). The van der Waals surface area contributed by atoms with Gasteiger partial charge in [0.2, 0.25) is 0 Å². The molecule has 2 N–H and O–H groups in total. The highest BCUT2D eigenvalue weighted by molar-refractivity contribution is 7.92. The second-order valence-electron chi connectivity index (χ2n) is 9.41. The van der Waals surface area contributed by atoms with E-state index in [1.54, 1.807) is 48.5 Å². The number of anilines is 2. The molecule has 1 heterocycles. The summed E-state index contributed by atoms with van der Waals surface area (Å²) in [5.74, 6) is -0.553. The fourth-order valence-corrected chi connectivity index (χ4v) is 6.42. The van der Waals surface area contributed by atoms with Gasteiger partial charge >= 0.3 is 0 Å². The maximum Gasteiger partial charge on any atom is 0.267 e. The molecule has 2 amide bonds. The molecule has 0 bridgehead atoms. The van der Waals surface area contributed by atoms with E-state index in [0.29, 0.717) is 22.0 Å². The van der Waals surface area contributed by atoms with Crippen LogP contribution in [0.1, 0.15) is 42.5 Å². The number of sulfonamides is 1. The molecule has 1 aliphatic heterocycles. The number of carbonyl (C=O) groups is 2. The number of carbonyl (C=O) groups excluding carboxylic acids is 2. The smallest absolute Gasteiger partial charge is 0.267 e. The molecule has 8 nitrogen and oxygen atoms in total. The Morgan fingerprint density at radius 3 is 2.34 bits per heavy atom. The van der Waals surface area contributed by atoms with Gasteiger partial charge in [-0.3, -0.25) is 13.9 Å². The quantitative estimate of drug-likeness (QED) is 0.447. The number of halogens is 1. The number of hydrogen-bond acceptors (Lipinski definition) is 5. The minimum Gasteiger partial charge on any atom is -0.476 e. The Hall–Kier alpha value is -3.56. The summed E-state index contributed by atoms with van der Waals surface area (Å²) >= 11 is 5.95. The average molecular weight is 554 g/mol. The van der Waals surface area contributed by atoms with Crippen LogP contribution in [0.3, 0.4) is 0 Å². The lowest BCUT2D eigenvalue weighted by atomic mass is 9.95. The molecule has 38 heavy (non-hydrogen) atoms. The van der Waals surface area contributed by atoms with Crippen molar-refractivity contribution in [1.82, 2.24) is 5.32 Å². The summed E-state index contributed by atoms with van der Waals surface area (Å²) in [6.45, 7) is -0.246. The predicted octanol–water partition coefficient (Wildman–Crippen LogP) is 5.00. The van der Waals surface area contributed by atoms with E-state index in [1.165, 1.54) is 35.0 Å². The normalized spacial score (nSPS) is 17.7. The Morgan fingerprint density at radius 1 is 0.895 bits per heavy atom. The summed E-state index contributed by atoms with van der Waals surface area (Å²) in [4.78, 5) is 26.5. The van der Waals surface area contributed by atoms with Gasteiger partial charge in [0, 0.05) is 11.1 Å². The summed E-state index contributed by atoms with van der Waals surface area (Å²) in [5, 5.41) is 6.27. The van der Waals surface area contributed by atoms with Gasteiger partial charge in [-0.2, -0.15) is 0 Å². The lowest BCUT2D eigenvalue weighted by Gasteiger charge is -2.34. The van der Waals surface area contributed by atoms with E-state index in [-0.39, 0.29) is 29.1 Å². The maximum atomic E-state index is 13.6. The van der Waals surface area contributed by atoms with Crippen LogP contribution in [0.15, 0.2) is 77.7 Å². The molecule has 1 unspecified atom stereocenters. The van der Waals surface area contributed by atoms with Crippen LogP contribution in [-0.2, 0) is 14.8 Å². The van der Waals surface area contributed by atoms with E-state index in [1.807, 2.05) is 0 Å². The first-order chi connectivity index (χ1) is 18.3. The minimum atomic E-state index is -4.02. The van der Waals surface area contributed by atoms with Crippen molar-refractivity contribution >= 4 is 44.8 Å². The Kier molecular flexibility index (Phi) is 7.58. The van der Waals surface area contributed by atoms with Crippen LogP contribution in [0.25, 0.3) is 0 Å². The van der Waals surface area contributed by atoms with E-state index in [0.717, 1.165) is 25.7 Å². The fourth-order valence-electron chi connectivity index (χ4n) is 4.81. The van der Waals surface area contributed by atoms with Crippen molar-refractivity contribution in [3.05, 3.63) is 83.4 Å². The Bertz CT molecular complexity index is 1440.